The van der Waals surface area contributed by atoms with Crippen molar-refractivity contribution in [2.24, 2.45) is 0 Å². The smallest absolute Gasteiger partial charge is 0.141 e. The molecular formula is C19H12BrFN4. The van der Waals surface area contributed by atoms with Gasteiger partial charge in [0, 0.05) is 27.3 Å². The number of aromatic nitrogens is 3. The Bertz CT molecular complexity index is 1070. The lowest BCUT2D eigenvalue weighted by atomic mass is 10.1. The van der Waals surface area contributed by atoms with Crippen molar-refractivity contribution in [1.82, 2.24) is 15.0 Å². The highest BCUT2D eigenvalue weighted by molar-refractivity contribution is 9.10. The lowest BCUT2D eigenvalue weighted by Crippen LogP contribution is -1.97. The van der Waals surface area contributed by atoms with Crippen molar-refractivity contribution >= 4 is 38.3 Å². The Labute approximate surface area is 151 Å². The molecule has 122 valence electrons. The van der Waals surface area contributed by atoms with Gasteiger partial charge in [-0.3, -0.25) is 4.98 Å². The molecule has 0 aliphatic carbocycles. The van der Waals surface area contributed by atoms with Gasteiger partial charge < -0.3 is 5.32 Å². The van der Waals surface area contributed by atoms with Gasteiger partial charge in [0.05, 0.1) is 11.2 Å². The molecule has 0 saturated carbocycles. The van der Waals surface area contributed by atoms with E-state index in [0.29, 0.717) is 17.1 Å². The molecule has 1 N–H and O–H groups in total. The van der Waals surface area contributed by atoms with E-state index in [-0.39, 0.29) is 5.82 Å². The molecule has 0 unspecified atom stereocenters. The minimum Gasteiger partial charge on any atom is -0.340 e. The Morgan fingerprint density at radius 3 is 2.68 bits per heavy atom. The number of pyridine rings is 1. The topological polar surface area (TPSA) is 50.7 Å². The first-order valence-corrected chi connectivity index (χ1v) is 8.38. The molecule has 0 radical (unpaired) electrons. The highest BCUT2D eigenvalue weighted by Gasteiger charge is 2.08. The van der Waals surface area contributed by atoms with Crippen molar-refractivity contribution in [3.63, 3.8) is 0 Å². The Morgan fingerprint density at radius 1 is 0.920 bits per heavy atom. The quantitative estimate of drug-likeness (QED) is 0.509. The number of halogens is 2. The van der Waals surface area contributed by atoms with Crippen molar-refractivity contribution in [1.29, 1.82) is 0 Å². The average Bonchev–Trinajstić information content (AvgIpc) is 2.62. The van der Waals surface area contributed by atoms with E-state index in [1.165, 1.54) is 12.4 Å². The van der Waals surface area contributed by atoms with E-state index in [1.807, 2.05) is 24.3 Å². The third-order valence-corrected chi connectivity index (χ3v) is 4.26. The van der Waals surface area contributed by atoms with Gasteiger partial charge in [-0.1, -0.05) is 28.1 Å². The molecule has 4 rings (SSSR count). The van der Waals surface area contributed by atoms with Gasteiger partial charge in [-0.05, 0) is 42.5 Å². The lowest BCUT2D eigenvalue weighted by Gasteiger charge is -2.10. The van der Waals surface area contributed by atoms with E-state index in [1.54, 1.807) is 30.5 Å². The van der Waals surface area contributed by atoms with Gasteiger partial charge in [0.1, 0.15) is 18.0 Å². The molecule has 0 spiro atoms. The van der Waals surface area contributed by atoms with Gasteiger partial charge in [-0.2, -0.15) is 0 Å². The molecule has 0 aliphatic rings. The first kappa shape index (κ1) is 15.7. The molecule has 25 heavy (non-hydrogen) atoms. The van der Waals surface area contributed by atoms with Crippen molar-refractivity contribution in [2.45, 2.75) is 0 Å². The number of rotatable bonds is 3. The molecule has 4 nitrogen and oxygen atoms in total. The van der Waals surface area contributed by atoms with Crippen molar-refractivity contribution in [3.05, 3.63) is 77.4 Å². The van der Waals surface area contributed by atoms with Gasteiger partial charge in [0.2, 0.25) is 0 Å². The zero-order valence-electron chi connectivity index (χ0n) is 12.9. The third kappa shape index (κ3) is 3.21. The van der Waals surface area contributed by atoms with Crippen LogP contribution in [0.2, 0.25) is 0 Å². The molecule has 2 heterocycles. The van der Waals surface area contributed by atoms with E-state index in [9.17, 15) is 4.39 Å². The molecule has 0 amide bonds. The molecule has 0 saturated heterocycles. The summed E-state index contributed by atoms with van der Waals surface area (Å²) in [6, 6.07) is 16.0. The molecule has 0 fully saturated rings. The molecule has 0 bridgehead atoms. The van der Waals surface area contributed by atoms with E-state index in [2.05, 4.69) is 36.2 Å². The first-order chi connectivity index (χ1) is 12.2. The summed E-state index contributed by atoms with van der Waals surface area (Å²) in [7, 11) is 0. The van der Waals surface area contributed by atoms with Crippen LogP contribution in [0.5, 0.6) is 0 Å². The lowest BCUT2D eigenvalue weighted by molar-refractivity contribution is 0.631. The Balaban J connectivity index is 1.73. The number of anilines is 2. The third-order valence-electron chi connectivity index (χ3n) is 3.77. The standard InChI is InChI=1S/C19H12BrFN4/c20-12-5-6-15-17(9-12)23-11-24-19(15)25-13-7-8-22-18(10-13)14-3-1-2-4-16(14)21/h1-11H,(H,22,23,24,25). The summed E-state index contributed by atoms with van der Waals surface area (Å²) < 4.78 is 14.9. The van der Waals surface area contributed by atoms with E-state index >= 15 is 0 Å². The van der Waals surface area contributed by atoms with Gasteiger partial charge in [0.15, 0.2) is 0 Å². The number of benzene rings is 2. The Hall–Kier alpha value is -2.86. The van der Waals surface area contributed by atoms with E-state index in [0.717, 1.165) is 21.1 Å². The fourth-order valence-electron chi connectivity index (χ4n) is 2.59. The molecule has 2 aromatic carbocycles. The molecule has 2 aromatic heterocycles. The summed E-state index contributed by atoms with van der Waals surface area (Å²) in [6.07, 6.45) is 3.15. The predicted molar refractivity (Wildman–Crippen MR) is 100 cm³/mol. The normalized spacial score (nSPS) is 10.8. The molecule has 0 aliphatic heterocycles. The summed E-state index contributed by atoms with van der Waals surface area (Å²) >= 11 is 3.44. The van der Waals surface area contributed by atoms with Crippen LogP contribution >= 0.6 is 15.9 Å². The van der Waals surface area contributed by atoms with Crippen LogP contribution in [-0.2, 0) is 0 Å². The summed E-state index contributed by atoms with van der Waals surface area (Å²) in [6.45, 7) is 0. The monoisotopic (exact) mass is 394 g/mol. The second-order valence-corrected chi connectivity index (χ2v) is 6.33. The zero-order chi connectivity index (χ0) is 17.2. The predicted octanol–water partition coefficient (Wildman–Crippen LogP) is 5.34. The van der Waals surface area contributed by atoms with Crippen LogP contribution in [-0.4, -0.2) is 15.0 Å². The summed E-state index contributed by atoms with van der Waals surface area (Å²) in [4.78, 5) is 12.9. The number of hydrogen-bond acceptors (Lipinski definition) is 4. The summed E-state index contributed by atoms with van der Waals surface area (Å²) in [5, 5.41) is 4.17. The Kier molecular flexibility index (Phi) is 4.11. The van der Waals surface area contributed by atoms with E-state index < -0.39 is 0 Å². The van der Waals surface area contributed by atoms with Crippen molar-refractivity contribution in [2.75, 3.05) is 5.32 Å². The maximum atomic E-state index is 14.0. The summed E-state index contributed by atoms with van der Waals surface area (Å²) in [5.74, 6) is 0.382. The number of nitrogens with zero attached hydrogens (tertiary/aromatic N) is 3. The minimum atomic E-state index is -0.301. The molecule has 4 aromatic rings. The van der Waals surface area contributed by atoms with Crippen LogP contribution in [0.15, 0.2) is 71.6 Å². The van der Waals surface area contributed by atoms with Crippen LogP contribution in [0.4, 0.5) is 15.9 Å². The van der Waals surface area contributed by atoms with Crippen LogP contribution in [0.25, 0.3) is 22.2 Å². The fourth-order valence-corrected chi connectivity index (χ4v) is 2.94. The molecule has 0 atom stereocenters. The van der Waals surface area contributed by atoms with Crippen LogP contribution in [0, 0.1) is 5.82 Å². The SMILES string of the molecule is Fc1ccccc1-c1cc(Nc2ncnc3cc(Br)ccc23)ccn1. The first-order valence-electron chi connectivity index (χ1n) is 7.59. The fraction of sp³-hybridized carbons (Fsp3) is 0. The second-order valence-electron chi connectivity index (χ2n) is 5.42. The highest BCUT2D eigenvalue weighted by atomic mass is 79.9. The van der Waals surface area contributed by atoms with E-state index in [4.69, 9.17) is 0 Å². The van der Waals surface area contributed by atoms with Gasteiger partial charge in [0.25, 0.3) is 0 Å². The largest absolute Gasteiger partial charge is 0.340 e. The highest BCUT2D eigenvalue weighted by Crippen LogP contribution is 2.27. The average molecular weight is 395 g/mol. The van der Waals surface area contributed by atoms with Gasteiger partial charge in [-0.15, -0.1) is 0 Å². The second kappa shape index (κ2) is 6.57. The van der Waals surface area contributed by atoms with Crippen LogP contribution in [0.1, 0.15) is 0 Å². The van der Waals surface area contributed by atoms with Crippen molar-refractivity contribution < 1.29 is 4.39 Å². The number of hydrogen-bond donors (Lipinski definition) is 1. The minimum absolute atomic E-state index is 0.301. The maximum Gasteiger partial charge on any atom is 0.141 e. The molecular weight excluding hydrogens is 383 g/mol. The Morgan fingerprint density at radius 2 is 1.80 bits per heavy atom. The molecule has 6 heteroatoms. The number of fused-ring (bicyclic) bond motifs is 1. The maximum absolute atomic E-state index is 14.0. The zero-order valence-corrected chi connectivity index (χ0v) is 14.5. The van der Waals surface area contributed by atoms with Crippen LogP contribution < -0.4 is 5.32 Å². The van der Waals surface area contributed by atoms with Crippen LogP contribution in [0.3, 0.4) is 0 Å². The summed E-state index contributed by atoms with van der Waals surface area (Å²) in [5.41, 5.74) is 2.62. The number of nitrogens with one attached hydrogen (secondary N) is 1. The van der Waals surface area contributed by atoms with Gasteiger partial charge in [-0.25, -0.2) is 14.4 Å². The van der Waals surface area contributed by atoms with Crippen molar-refractivity contribution in [3.8, 4) is 11.3 Å². The van der Waals surface area contributed by atoms with Gasteiger partial charge >= 0.3 is 0 Å².